The lowest BCUT2D eigenvalue weighted by atomic mass is 10.2. The summed E-state index contributed by atoms with van der Waals surface area (Å²) in [5, 5.41) is 5.58. The molecule has 0 aliphatic heterocycles. The number of sulfonamides is 1. The van der Waals surface area contributed by atoms with Gasteiger partial charge in [-0.1, -0.05) is 19.9 Å². The topological polar surface area (TPSA) is 96.5 Å². The largest absolute Gasteiger partial charge is 0.494 e. The Labute approximate surface area is 183 Å². The number of thiocarbonyl (C=S) groups is 1. The van der Waals surface area contributed by atoms with Gasteiger partial charge in [0.25, 0.3) is 5.91 Å². The van der Waals surface area contributed by atoms with Gasteiger partial charge in [0.05, 0.1) is 11.5 Å². The van der Waals surface area contributed by atoms with Crippen molar-refractivity contribution in [1.29, 1.82) is 0 Å². The van der Waals surface area contributed by atoms with E-state index in [1.807, 2.05) is 13.8 Å². The summed E-state index contributed by atoms with van der Waals surface area (Å²) in [5.74, 6) is 0.248. The second-order valence-electron chi connectivity index (χ2n) is 6.74. The Morgan fingerprint density at radius 3 is 2.47 bits per heavy atom. The number of hydrogen-bond donors (Lipinski definition) is 3. The summed E-state index contributed by atoms with van der Waals surface area (Å²) >= 11 is 5.19. The van der Waals surface area contributed by atoms with Crippen molar-refractivity contribution in [3.63, 3.8) is 0 Å². The van der Waals surface area contributed by atoms with Crippen molar-refractivity contribution in [2.24, 2.45) is 0 Å². The van der Waals surface area contributed by atoms with E-state index in [2.05, 4.69) is 15.4 Å². The summed E-state index contributed by atoms with van der Waals surface area (Å²) in [7, 11) is -3.58. The molecule has 0 aliphatic rings. The van der Waals surface area contributed by atoms with Crippen LogP contribution < -0.4 is 20.1 Å². The Balaban J connectivity index is 1.97. The number of rotatable bonds is 9. The molecule has 0 aliphatic carbocycles. The third-order valence-corrected chi connectivity index (χ3v) is 6.00. The summed E-state index contributed by atoms with van der Waals surface area (Å²) in [4.78, 5) is 12.6. The molecule has 0 heterocycles. The molecule has 1 unspecified atom stereocenters. The van der Waals surface area contributed by atoms with Crippen LogP contribution in [-0.2, 0) is 10.0 Å². The average molecular weight is 450 g/mol. The molecule has 2 aromatic carbocycles. The number of carbonyl (C=O) groups excluding carboxylic acids is 1. The summed E-state index contributed by atoms with van der Waals surface area (Å²) in [5.41, 5.74) is 0.980. The second-order valence-corrected chi connectivity index (χ2v) is 8.86. The van der Waals surface area contributed by atoms with E-state index in [4.69, 9.17) is 17.0 Å². The molecule has 1 atom stereocenters. The van der Waals surface area contributed by atoms with Crippen LogP contribution in [0.2, 0.25) is 0 Å². The van der Waals surface area contributed by atoms with Gasteiger partial charge in [0.1, 0.15) is 5.75 Å². The molecule has 2 aromatic rings. The fourth-order valence-corrected chi connectivity index (χ4v) is 3.96. The number of hydrogen-bond acceptors (Lipinski definition) is 5. The molecule has 0 saturated carbocycles. The second kappa shape index (κ2) is 11.1. The molecule has 0 saturated heterocycles. The Bertz CT molecular complexity index is 976. The zero-order valence-electron chi connectivity index (χ0n) is 17.3. The molecule has 162 valence electrons. The van der Waals surface area contributed by atoms with Crippen LogP contribution in [0.3, 0.4) is 0 Å². The maximum absolute atomic E-state index is 12.4. The highest BCUT2D eigenvalue weighted by Gasteiger charge is 2.16. The molecule has 7 nitrogen and oxygen atoms in total. The van der Waals surface area contributed by atoms with E-state index in [0.717, 1.165) is 6.42 Å². The quantitative estimate of drug-likeness (QED) is 0.506. The molecule has 9 heteroatoms. The van der Waals surface area contributed by atoms with Gasteiger partial charge in [-0.25, -0.2) is 13.1 Å². The minimum Gasteiger partial charge on any atom is -0.494 e. The third-order valence-electron chi connectivity index (χ3n) is 4.19. The highest BCUT2D eigenvalue weighted by Crippen LogP contribution is 2.16. The molecule has 2 rings (SSSR count). The maximum Gasteiger partial charge on any atom is 0.257 e. The smallest absolute Gasteiger partial charge is 0.257 e. The van der Waals surface area contributed by atoms with Crippen molar-refractivity contribution >= 4 is 38.9 Å². The van der Waals surface area contributed by atoms with Crippen molar-refractivity contribution in [2.45, 2.75) is 44.6 Å². The number of benzene rings is 2. The standard InChI is InChI=1S/C21H27N3O4S2/c1-4-13-28-18-8-6-7-16(14-18)20(25)23-21(29)22-17-9-11-19(12-10-17)30(26,27)24-15(3)5-2/h6-12,14-15,24H,4-5,13H2,1-3H3,(H2,22,23,25,29). The van der Waals surface area contributed by atoms with E-state index in [9.17, 15) is 13.2 Å². The number of amides is 1. The first-order valence-corrected chi connectivity index (χ1v) is 11.6. The monoisotopic (exact) mass is 449 g/mol. The first-order chi connectivity index (χ1) is 14.2. The van der Waals surface area contributed by atoms with Crippen molar-refractivity contribution in [3.8, 4) is 5.75 Å². The molecule has 1 amide bonds. The lowest BCUT2D eigenvalue weighted by molar-refractivity contribution is 0.0977. The van der Waals surface area contributed by atoms with Gasteiger partial charge in [-0.15, -0.1) is 0 Å². The lowest BCUT2D eigenvalue weighted by Crippen LogP contribution is -2.34. The van der Waals surface area contributed by atoms with Crippen LogP contribution in [0.15, 0.2) is 53.4 Å². The van der Waals surface area contributed by atoms with E-state index in [1.54, 1.807) is 43.3 Å². The van der Waals surface area contributed by atoms with Crippen LogP contribution in [0, 0.1) is 0 Å². The fourth-order valence-electron chi connectivity index (χ4n) is 2.42. The average Bonchev–Trinajstić information content (AvgIpc) is 2.72. The SMILES string of the molecule is CCCOc1cccc(C(=O)NC(=S)Nc2ccc(S(=O)(=O)NC(C)CC)cc2)c1. The Kier molecular flexibility index (Phi) is 8.76. The first-order valence-electron chi connectivity index (χ1n) is 9.72. The maximum atomic E-state index is 12.4. The van der Waals surface area contributed by atoms with Crippen LogP contribution in [0.5, 0.6) is 5.75 Å². The Morgan fingerprint density at radius 2 is 1.83 bits per heavy atom. The van der Waals surface area contributed by atoms with E-state index in [1.165, 1.54) is 12.1 Å². The van der Waals surface area contributed by atoms with Gasteiger partial charge in [-0.2, -0.15) is 0 Å². The van der Waals surface area contributed by atoms with Crippen molar-refractivity contribution in [1.82, 2.24) is 10.0 Å². The summed E-state index contributed by atoms with van der Waals surface area (Å²) in [6, 6.07) is 12.8. The Morgan fingerprint density at radius 1 is 1.13 bits per heavy atom. The molecule has 0 spiro atoms. The zero-order chi connectivity index (χ0) is 22.1. The minimum absolute atomic E-state index is 0.105. The molecule has 30 heavy (non-hydrogen) atoms. The lowest BCUT2D eigenvalue weighted by Gasteiger charge is -2.13. The highest BCUT2D eigenvalue weighted by molar-refractivity contribution is 7.89. The molecule has 3 N–H and O–H groups in total. The van der Waals surface area contributed by atoms with Gasteiger partial charge in [-0.3, -0.25) is 10.1 Å². The van der Waals surface area contributed by atoms with Gasteiger partial charge in [0, 0.05) is 17.3 Å². The van der Waals surface area contributed by atoms with Gasteiger partial charge in [0.15, 0.2) is 5.11 Å². The number of carbonyl (C=O) groups is 1. The van der Waals surface area contributed by atoms with E-state index >= 15 is 0 Å². The Hall–Kier alpha value is -2.49. The minimum atomic E-state index is -3.58. The van der Waals surface area contributed by atoms with E-state index in [0.29, 0.717) is 30.0 Å². The predicted octanol–water partition coefficient (Wildman–Crippen LogP) is 3.68. The first kappa shape index (κ1) is 23.8. The van der Waals surface area contributed by atoms with Crippen LogP contribution in [0.25, 0.3) is 0 Å². The van der Waals surface area contributed by atoms with Gasteiger partial charge in [-0.05, 0) is 74.4 Å². The van der Waals surface area contributed by atoms with Crippen LogP contribution in [0.1, 0.15) is 44.0 Å². The highest BCUT2D eigenvalue weighted by atomic mass is 32.2. The molecular weight excluding hydrogens is 422 g/mol. The molecule has 0 radical (unpaired) electrons. The molecular formula is C21H27N3O4S2. The normalized spacial score (nSPS) is 12.1. The van der Waals surface area contributed by atoms with E-state index in [-0.39, 0.29) is 22.0 Å². The van der Waals surface area contributed by atoms with Gasteiger partial charge in [0.2, 0.25) is 10.0 Å². The number of ether oxygens (including phenoxy) is 1. The van der Waals surface area contributed by atoms with Crippen LogP contribution >= 0.6 is 12.2 Å². The summed E-state index contributed by atoms with van der Waals surface area (Å²) in [6.07, 6.45) is 1.57. The molecule has 0 fully saturated rings. The number of anilines is 1. The molecule has 0 bridgehead atoms. The predicted molar refractivity (Wildman–Crippen MR) is 122 cm³/mol. The fraction of sp³-hybridized carbons (Fsp3) is 0.333. The van der Waals surface area contributed by atoms with Crippen LogP contribution in [0.4, 0.5) is 5.69 Å². The van der Waals surface area contributed by atoms with Gasteiger partial charge >= 0.3 is 0 Å². The van der Waals surface area contributed by atoms with E-state index < -0.39 is 10.0 Å². The van der Waals surface area contributed by atoms with Crippen LogP contribution in [-0.4, -0.2) is 32.1 Å². The van der Waals surface area contributed by atoms with Gasteiger partial charge < -0.3 is 10.1 Å². The van der Waals surface area contributed by atoms with Crippen molar-refractivity contribution < 1.29 is 17.9 Å². The van der Waals surface area contributed by atoms with Crippen molar-refractivity contribution in [2.75, 3.05) is 11.9 Å². The number of nitrogens with one attached hydrogen (secondary N) is 3. The third kappa shape index (κ3) is 7.08. The summed E-state index contributed by atoms with van der Waals surface area (Å²) in [6.45, 7) is 6.29. The van der Waals surface area contributed by atoms with Crippen molar-refractivity contribution in [3.05, 3.63) is 54.1 Å². The summed E-state index contributed by atoms with van der Waals surface area (Å²) < 4.78 is 32.7. The molecule has 0 aromatic heterocycles. The zero-order valence-corrected chi connectivity index (χ0v) is 18.9.